The summed E-state index contributed by atoms with van der Waals surface area (Å²) >= 11 is 0. The molecule has 0 bridgehead atoms. The fourth-order valence-electron chi connectivity index (χ4n) is 2.39. The minimum Gasteiger partial charge on any atom is -0.378 e. The first-order valence-corrected chi connectivity index (χ1v) is 6.53. The highest BCUT2D eigenvalue weighted by atomic mass is 16.5. The summed E-state index contributed by atoms with van der Waals surface area (Å²) in [5.41, 5.74) is 1.22. The van der Waals surface area contributed by atoms with Gasteiger partial charge in [-0.3, -0.25) is 5.10 Å². The maximum Gasteiger partial charge on any atom is 0.0612 e. The van der Waals surface area contributed by atoms with Crippen molar-refractivity contribution >= 4 is 0 Å². The van der Waals surface area contributed by atoms with Gasteiger partial charge in [0.15, 0.2) is 0 Å². The molecule has 0 aromatic carbocycles. The van der Waals surface area contributed by atoms with Crippen LogP contribution in [0.25, 0.3) is 0 Å². The van der Waals surface area contributed by atoms with Crippen LogP contribution in [-0.2, 0) is 4.74 Å². The van der Waals surface area contributed by atoms with Crippen LogP contribution in [0, 0.1) is 5.92 Å². The number of H-pyrrole nitrogens is 1. The molecule has 0 aliphatic carbocycles. The SMILES string of the molecule is CC(NC1CCOC(C(C)C)C1)c1cn[nH]c1. The van der Waals surface area contributed by atoms with Crippen molar-refractivity contribution in [3.8, 4) is 0 Å². The number of ether oxygens (including phenoxy) is 1. The van der Waals surface area contributed by atoms with Crippen LogP contribution < -0.4 is 5.32 Å². The van der Waals surface area contributed by atoms with Crippen molar-refractivity contribution in [1.82, 2.24) is 15.5 Å². The number of aromatic nitrogens is 2. The Labute approximate surface area is 103 Å². The summed E-state index contributed by atoms with van der Waals surface area (Å²) in [5.74, 6) is 0.601. The largest absolute Gasteiger partial charge is 0.378 e. The lowest BCUT2D eigenvalue weighted by atomic mass is 9.94. The van der Waals surface area contributed by atoms with E-state index in [0.29, 0.717) is 24.1 Å². The summed E-state index contributed by atoms with van der Waals surface area (Å²) < 4.78 is 5.78. The second-order valence-electron chi connectivity index (χ2n) is 5.29. The molecule has 1 aromatic heterocycles. The molecule has 17 heavy (non-hydrogen) atoms. The highest BCUT2D eigenvalue weighted by Crippen LogP contribution is 2.22. The second-order valence-corrected chi connectivity index (χ2v) is 5.29. The fraction of sp³-hybridized carbons (Fsp3) is 0.769. The molecule has 1 saturated heterocycles. The van der Waals surface area contributed by atoms with Gasteiger partial charge in [0.05, 0.1) is 12.3 Å². The van der Waals surface area contributed by atoms with Gasteiger partial charge in [0, 0.05) is 30.5 Å². The number of nitrogens with one attached hydrogen (secondary N) is 2. The van der Waals surface area contributed by atoms with E-state index in [9.17, 15) is 0 Å². The number of aromatic amines is 1. The normalized spacial score (nSPS) is 27.3. The molecule has 1 aromatic rings. The summed E-state index contributed by atoms with van der Waals surface area (Å²) in [4.78, 5) is 0. The zero-order chi connectivity index (χ0) is 12.3. The van der Waals surface area contributed by atoms with Crippen LogP contribution >= 0.6 is 0 Å². The maximum atomic E-state index is 5.78. The Hall–Kier alpha value is -0.870. The molecule has 4 heteroatoms. The third-order valence-electron chi connectivity index (χ3n) is 3.56. The van der Waals surface area contributed by atoms with Crippen molar-refractivity contribution in [1.29, 1.82) is 0 Å². The maximum absolute atomic E-state index is 5.78. The summed E-state index contributed by atoms with van der Waals surface area (Å²) in [7, 11) is 0. The van der Waals surface area contributed by atoms with Crippen LogP contribution in [0.4, 0.5) is 0 Å². The Balaban J connectivity index is 1.86. The van der Waals surface area contributed by atoms with Crippen LogP contribution in [0.5, 0.6) is 0 Å². The third-order valence-corrected chi connectivity index (χ3v) is 3.56. The predicted octanol–water partition coefficient (Wildman–Crippen LogP) is 2.26. The zero-order valence-corrected chi connectivity index (χ0v) is 10.9. The van der Waals surface area contributed by atoms with E-state index in [4.69, 9.17) is 4.74 Å². The van der Waals surface area contributed by atoms with Gasteiger partial charge in [0.2, 0.25) is 0 Å². The fourth-order valence-corrected chi connectivity index (χ4v) is 2.39. The summed E-state index contributed by atoms with van der Waals surface area (Å²) in [6.07, 6.45) is 6.46. The van der Waals surface area contributed by atoms with E-state index in [1.165, 1.54) is 5.56 Å². The summed E-state index contributed by atoms with van der Waals surface area (Å²) in [5, 5.41) is 10.5. The van der Waals surface area contributed by atoms with Crippen LogP contribution in [0.3, 0.4) is 0 Å². The molecule has 1 aliphatic rings. The van der Waals surface area contributed by atoms with E-state index < -0.39 is 0 Å². The van der Waals surface area contributed by atoms with Crippen LogP contribution in [0.15, 0.2) is 12.4 Å². The molecule has 1 fully saturated rings. The molecular formula is C13H23N3O. The van der Waals surface area contributed by atoms with E-state index in [1.54, 1.807) is 0 Å². The molecule has 96 valence electrons. The number of nitrogens with zero attached hydrogens (tertiary/aromatic N) is 1. The first kappa shape index (κ1) is 12.6. The third kappa shape index (κ3) is 3.30. The first-order valence-electron chi connectivity index (χ1n) is 6.53. The average Bonchev–Trinajstić information content (AvgIpc) is 2.82. The molecule has 4 nitrogen and oxygen atoms in total. The van der Waals surface area contributed by atoms with E-state index >= 15 is 0 Å². The average molecular weight is 237 g/mol. The van der Waals surface area contributed by atoms with Gasteiger partial charge in [-0.1, -0.05) is 13.8 Å². The molecule has 0 amide bonds. The van der Waals surface area contributed by atoms with E-state index in [0.717, 1.165) is 19.4 Å². The van der Waals surface area contributed by atoms with Crippen LogP contribution in [-0.4, -0.2) is 29.0 Å². The molecule has 2 heterocycles. The monoisotopic (exact) mass is 237 g/mol. The van der Waals surface area contributed by atoms with Gasteiger partial charge < -0.3 is 10.1 Å². The van der Waals surface area contributed by atoms with Gasteiger partial charge >= 0.3 is 0 Å². The lowest BCUT2D eigenvalue weighted by Gasteiger charge is -2.34. The van der Waals surface area contributed by atoms with E-state index in [2.05, 4.69) is 36.3 Å². The molecule has 0 radical (unpaired) electrons. The molecule has 0 spiro atoms. The smallest absolute Gasteiger partial charge is 0.0612 e. The van der Waals surface area contributed by atoms with Crippen molar-refractivity contribution < 1.29 is 4.74 Å². The minimum atomic E-state index is 0.352. The molecule has 0 saturated carbocycles. The van der Waals surface area contributed by atoms with E-state index in [-0.39, 0.29) is 0 Å². The molecular weight excluding hydrogens is 214 g/mol. The highest BCUT2D eigenvalue weighted by Gasteiger charge is 2.25. The quantitative estimate of drug-likeness (QED) is 0.844. The molecule has 2 rings (SSSR count). The minimum absolute atomic E-state index is 0.352. The highest BCUT2D eigenvalue weighted by molar-refractivity contribution is 5.08. The molecule has 1 aliphatic heterocycles. The molecule has 3 unspecified atom stereocenters. The second kappa shape index (κ2) is 5.65. The van der Waals surface area contributed by atoms with Crippen molar-refractivity contribution in [2.45, 2.75) is 51.8 Å². The Bertz CT molecular complexity index is 323. The van der Waals surface area contributed by atoms with Crippen molar-refractivity contribution in [2.75, 3.05) is 6.61 Å². The van der Waals surface area contributed by atoms with Gasteiger partial charge in [-0.25, -0.2) is 0 Å². The molecule has 3 atom stereocenters. The van der Waals surface area contributed by atoms with E-state index in [1.807, 2.05) is 12.4 Å². The van der Waals surface area contributed by atoms with Gasteiger partial charge in [-0.2, -0.15) is 5.10 Å². The Morgan fingerprint density at radius 2 is 2.29 bits per heavy atom. The van der Waals surface area contributed by atoms with Crippen LogP contribution in [0.2, 0.25) is 0 Å². The lowest BCUT2D eigenvalue weighted by molar-refractivity contribution is -0.0256. The topological polar surface area (TPSA) is 49.9 Å². The van der Waals surface area contributed by atoms with Crippen molar-refractivity contribution in [2.24, 2.45) is 5.92 Å². The predicted molar refractivity (Wildman–Crippen MR) is 67.7 cm³/mol. The Morgan fingerprint density at radius 3 is 2.94 bits per heavy atom. The Morgan fingerprint density at radius 1 is 1.47 bits per heavy atom. The summed E-state index contributed by atoms with van der Waals surface area (Å²) in [6, 6.07) is 0.908. The molecule has 2 N–H and O–H groups in total. The standard InChI is InChI=1S/C13H23N3O/c1-9(2)13-6-12(4-5-17-13)16-10(3)11-7-14-15-8-11/h7-10,12-13,16H,4-6H2,1-3H3,(H,14,15). The van der Waals surface area contributed by atoms with Gasteiger partial charge in [-0.05, 0) is 25.7 Å². The van der Waals surface area contributed by atoms with Gasteiger partial charge in [-0.15, -0.1) is 0 Å². The zero-order valence-electron chi connectivity index (χ0n) is 10.9. The number of rotatable bonds is 4. The lowest BCUT2D eigenvalue weighted by Crippen LogP contribution is -2.41. The number of hydrogen-bond acceptors (Lipinski definition) is 3. The Kier molecular flexibility index (Phi) is 4.18. The first-order chi connectivity index (χ1) is 8.16. The van der Waals surface area contributed by atoms with Gasteiger partial charge in [0.1, 0.15) is 0 Å². The van der Waals surface area contributed by atoms with Gasteiger partial charge in [0.25, 0.3) is 0 Å². The van der Waals surface area contributed by atoms with Crippen molar-refractivity contribution in [3.05, 3.63) is 18.0 Å². The number of hydrogen-bond donors (Lipinski definition) is 2. The summed E-state index contributed by atoms with van der Waals surface area (Å²) in [6.45, 7) is 7.52. The van der Waals surface area contributed by atoms with Crippen LogP contribution in [0.1, 0.15) is 45.2 Å². The van der Waals surface area contributed by atoms with Crippen molar-refractivity contribution in [3.63, 3.8) is 0 Å².